The molecule has 0 aromatic rings. The first-order valence-electron chi connectivity index (χ1n) is 2.90. The van der Waals surface area contributed by atoms with E-state index < -0.39 is 5.91 Å². The van der Waals surface area contributed by atoms with Crippen LogP contribution in [0.1, 0.15) is 0 Å². The summed E-state index contributed by atoms with van der Waals surface area (Å²) < 4.78 is -0.256. The van der Waals surface area contributed by atoms with Crippen LogP contribution in [0.4, 0.5) is 0 Å². The summed E-state index contributed by atoms with van der Waals surface area (Å²) in [6.07, 6.45) is 0. The Labute approximate surface area is 100 Å². The summed E-state index contributed by atoms with van der Waals surface area (Å²) in [7, 11) is 1.40. The molecule has 0 bridgehead atoms. The van der Waals surface area contributed by atoms with Crippen LogP contribution in [0.25, 0.3) is 0 Å². The second-order valence-electron chi connectivity index (χ2n) is 1.78. The van der Waals surface area contributed by atoms with Crippen molar-refractivity contribution in [3.8, 4) is 0 Å². The second-order valence-corrected chi connectivity index (χ2v) is 3.86. The van der Waals surface area contributed by atoms with Crippen LogP contribution in [0.3, 0.4) is 0 Å². The molecule has 1 amide bonds. The van der Waals surface area contributed by atoms with Gasteiger partial charge in [-0.2, -0.15) is 0 Å². The highest BCUT2D eigenvalue weighted by Crippen LogP contribution is 2.31. The lowest BCUT2D eigenvalue weighted by molar-refractivity contribution is -0.116. The zero-order valence-corrected chi connectivity index (χ0v) is 10.1. The maximum absolute atomic E-state index is 10.9. The molecule has 0 aromatic carbocycles. The van der Waals surface area contributed by atoms with E-state index in [1.807, 2.05) is 0 Å². The Kier molecular flexibility index (Phi) is 6.18. The van der Waals surface area contributed by atoms with E-state index in [4.69, 9.17) is 58.0 Å². The first kappa shape index (κ1) is 13.4. The normalized spacial score (nSPS) is 11.8. The standard InChI is InChI=1S/C6H4Cl5NO/c1-12-6(13)4(9)2(7)3(8)5(10)11/h1H3,(H,12,13)/b4-2+. The Morgan fingerprint density at radius 3 is 1.69 bits per heavy atom. The van der Waals surface area contributed by atoms with Crippen molar-refractivity contribution >= 4 is 63.9 Å². The Morgan fingerprint density at radius 2 is 1.38 bits per heavy atom. The summed E-state index contributed by atoms with van der Waals surface area (Å²) in [4.78, 5) is 10.9. The number of amides is 1. The number of nitrogens with one attached hydrogen (secondary N) is 1. The third kappa shape index (κ3) is 3.96. The second kappa shape index (κ2) is 5.99. The van der Waals surface area contributed by atoms with Crippen molar-refractivity contribution in [2.45, 2.75) is 0 Å². The minimum Gasteiger partial charge on any atom is -0.354 e. The number of halogens is 5. The van der Waals surface area contributed by atoms with Gasteiger partial charge in [-0.25, -0.2) is 0 Å². The number of allylic oxidation sites excluding steroid dienone is 2. The molecule has 0 heterocycles. The van der Waals surface area contributed by atoms with E-state index in [0.29, 0.717) is 0 Å². The smallest absolute Gasteiger partial charge is 0.264 e. The molecule has 0 radical (unpaired) electrons. The molecule has 0 aliphatic carbocycles. The largest absolute Gasteiger partial charge is 0.354 e. The molecule has 0 aliphatic rings. The van der Waals surface area contributed by atoms with Gasteiger partial charge in [0, 0.05) is 7.05 Å². The number of hydrogen-bond donors (Lipinski definition) is 1. The summed E-state index contributed by atoms with van der Waals surface area (Å²) in [5.74, 6) is -0.570. The lowest BCUT2D eigenvalue weighted by Crippen LogP contribution is -2.18. The van der Waals surface area contributed by atoms with E-state index in [2.05, 4.69) is 5.32 Å². The first-order valence-corrected chi connectivity index (χ1v) is 4.79. The highest BCUT2D eigenvalue weighted by molar-refractivity contribution is 6.62. The van der Waals surface area contributed by atoms with Crippen LogP contribution >= 0.6 is 58.0 Å². The SMILES string of the molecule is CNC(=O)/C(Cl)=C(\Cl)C(Cl)=C(Cl)Cl. The molecule has 2 nitrogen and oxygen atoms in total. The topological polar surface area (TPSA) is 29.1 Å². The molecule has 74 valence electrons. The monoisotopic (exact) mass is 281 g/mol. The molecule has 13 heavy (non-hydrogen) atoms. The van der Waals surface area contributed by atoms with Gasteiger partial charge in [0.15, 0.2) is 0 Å². The zero-order valence-electron chi connectivity index (χ0n) is 6.30. The Morgan fingerprint density at radius 1 is 0.923 bits per heavy atom. The molecule has 0 spiro atoms. The molecule has 0 aliphatic heterocycles. The average molecular weight is 283 g/mol. The molecular formula is C6H4Cl5NO. The lowest BCUT2D eigenvalue weighted by atomic mass is 10.4. The predicted molar refractivity (Wildman–Crippen MR) is 57.4 cm³/mol. The van der Waals surface area contributed by atoms with E-state index in [0.717, 1.165) is 0 Å². The van der Waals surface area contributed by atoms with Crippen molar-refractivity contribution < 1.29 is 4.79 Å². The molecule has 0 atom stereocenters. The summed E-state index contributed by atoms with van der Waals surface area (Å²) in [6, 6.07) is 0. The Bertz CT molecular complexity index is 279. The summed E-state index contributed by atoms with van der Waals surface area (Å²) in [5, 5.41) is 1.63. The number of rotatable bonds is 2. The van der Waals surface area contributed by atoms with E-state index >= 15 is 0 Å². The van der Waals surface area contributed by atoms with Crippen LogP contribution in [-0.4, -0.2) is 13.0 Å². The van der Waals surface area contributed by atoms with Crippen LogP contribution in [0.2, 0.25) is 0 Å². The quantitative estimate of drug-likeness (QED) is 0.611. The molecular weight excluding hydrogens is 279 g/mol. The van der Waals surface area contributed by atoms with Gasteiger partial charge in [0.2, 0.25) is 0 Å². The van der Waals surface area contributed by atoms with Gasteiger partial charge >= 0.3 is 0 Å². The van der Waals surface area contributed by atoms with Crippen molar-refractivity contribution in [3.63, 3.8) is 0 Å². The zero-order chi connectivity index (χ0) is 10.6. The molecule has 0 saturated heterocycles. The summed E-state index contributed by atoms with van der Waals surface area (Å²) in [5.41, 5.74) is 0. The predicted octanol–water partition coefficient (Wildman–Crippen LogP) is 3.31. The fraction of sp³-hybridized carbons (Fsp3) is 0.167. The summed E-state index contributed by atoms with van der Waals surface area (Å²) >= 11 is 27.3. The maximum Gasteiger partial charge on any atom is 0.264 e. The van der Waals surface area contributed by atoms with E-state index in [1.54, 1.807) is 0 Å². The molecule has 0 fully saturated rings. The molecule has 0 aromatic heterocycles. The van der Waals surface area contributed by atoms with Crippen molar-refractivity contribution in [1.29, 1.82) is 0 Å². The van der Waals surface area contributed by atoms with Gasteiger partial charge in [0.05, 0.1) is 10.1 Å². The molecule has 1 N–H and O–H groups in total. The van der Waals surface area contributed by atoms with Crippen molar-refractivity contribution in [2.24, 2.45) is 0 Å². The van der Waals surface area contributed by atoms with Gasteiger partial charge in [-0.15, -0.1) is 0 Å². The number of carbonyl (C=O) groups is 1. The van der Waals surface area contributed by atoms with Gasteiger partial charge in [0.1, 0.15) is 9.52 Å². The minimum atomic E-state index is -0.570. The van der Waals surface area contributed by atoms with Crippen LogP contribution in [0.15, 0.2) is 19.6 Å². The Balaban J connectivity index is 5.05. The number of hydrogen-bond acceptors (Lipinski definition) is 1. The van der Waals surface area contributed by atoms with Gasteiger partial charge < -0.3 is 5.32 Å². The minimum absolute atomic E-state index is 0.168. The molecule has 0 saturated carbocycles. The van der Waals surface area contributed by atoms with Crippen LogP contribution in [0, 0.1) is 0 Å². The van der Waals surface area contributed by atoms with Gasteiger partial charge in [-0.3, -0.25) is 4.79 Å². The maximum atomic E-state index is 10.9. The number of carbonyl (C=O) groups excluding carboxylic acids is 1. The highest BCUT2D eigenvalue weighted by Gasteiger charge is 2.14. The van der Waals surface area contributed by atoms with Crippen LogP contribution in [-0.2, 0) is 4.79 Å². The van der Waals surface area contributed by atoms with Gasteiger partial charge in [-0.05, 0) is 0 Å². The fourth-order valence-electron chi connectivity index (χ4n) is 0.389. The highest BCUT2D eigenvalue weighted by atomic mass is 35.5. The molecule has 7 heteroatoms. The molecule has 0 unspecified atom stereocenters. The average Bonchev–Trinajstić information content (AvgIpc) is 2.12. The van der Waals surface area contributed by atoms with Crippen molar-refractivity contribution in [3.05, 3.63) is 19.6 Å². The van der Waals surface area contributed by atoms with Crippen molar-refractivity contribution in [2.75, 3.05) is 7.05 Å². The van der Waals surface area contributed by atoms with E-state index in [9.17, 15) is 4.79 Å². The third-order valence-electron chi connectivity index (χ3n) is 0.978. The summed E-state index contributed by atoms with van der Waals surface area (Å²) in [6.45, 7) is 0. The van der Waals surface area contributed by atoms with E-state index in [1.165, 1.54) is 7.05 Å². The van der Waals surface area contributed by atoms with Gasteiger partial charge in [0.25, 0.3) is 5.91 Å². The van der Waals surface area contributed by atoms with Crippen molar-refractivity contribution in [1.82, 2.24) is 5.32 Å². The number of likely N-dealkylation sites (N-methyl/N-ethyl adjacent to an activating group) is 1. The first-order chi connectivity index (χ1) is 5.91. The molecule has 0 rings (SSSR count). The van der Waals surface area contributed by atoms with Crippen LogP contribution in [0.5, 0.6) is 0 Å². The van der Waals surface area contributed by atoms with E-state index in [-0.39, 0.29) is 19.6 Å². The lowest BCUT2D eigenvalue weighted by Gasteiger charge is -2.01. The fourth-order valence-corrected chi connectivity index (χ4v) is 1.19. The third-order valence-corrected chi connectivity index (χ3v) is 2.86. The Hall–Kier alpha value is 0.400. The van der Waals surface area contributed by atoms with Crippen LogP contribution < -0.4 is 5.32 Å². The van der Waals surface area contributed by atoms with Gasteiger partial charge in [-0.1, -0.05) is 58.0 Å².